The van der Waals surface area contributed by atoms with Gasteiger partial charge in [-0.2, -0.15) is 22.1 Å². The van der Waals surface area contributed by atoms with Crippen LogP contribution in [-0.4, -0.2) is 66.2 Å². The molecule has 0 amide bonds. The monoisotopic (exact) mass is 440 g/mol. The molecule has 1 fully saturated rings. The van der Waals surface area contributed by atoms with Crippen molar-refractivity contribution in [3.63, 3.8) is 0 Å². The lowest BCUT2D eigenvalue weighted by atomic mass is 10.2. The highest BCUT2D eigenvalue weighted by atomic mass is 32.2. The molecule has 1 aliphatic rings. The SMILES string of the molecule is CCN(CC)S(=O)(=O)N1CCO[C@@H](c2cc(CCOc3ccc(F)cc3)n(C)n2)C1. The van der Waals surface area contributed by atoms with E-state index >= 15 is 0 Å². The number of rotatable bonds is 9. The van der Waals surface area contributed by atoms with E-state index in [1.54, 1.807) is 16.8 Å². The van der Waals surface area contributed by atoms with Crippen LogP contribution in [0.1, 0.15) is 31.3 Å². The zero-order valence-electron chi connectivity index (χ0n) is 17.6. The second-order valence-corrected chi connectivity index (χ2v) is 8.97. The number of hydrogen-bond acceptors (Lipinski definition) is 5. The average Bonchev–Trinajstić information content (AvgIpc) is 3.11. The standard InChI is InChI=1S/C20H29FN4O4S/c1-4-24(5-2)30(26,27)25-11-13-29-20(15-25)19-14-17(23(3)22-19)10-12-28-18-8-6-16(21)7-9-18/h6-9,14,20H,4-5,10-13,15H2,1-3H3/t20-/m1/s1. The first-order valence-electron chi connectivity index (χ1n) is 10.1. The van der Waals surface area contributed by atoms with E-state index in [0.29, 0.717) is 50.7 Å². The molecule has 8 nitrogen and oxygen atoms in total. The van der Waals surface area contributed by atoms with Crippen LogP contribution in [0.15, 0.2) is 30.3 Å². The Morgan fingerprint density at radius 1 is 1.27 bits per heavy atom. The zero-order chi connectivity index (χ0) is 21.7. The van der Waals surface area contributed by atoms with Gasteiger partial charge in [-0.3, -0.25) is 4.68 Å². The van der Waals surface area contributed by atoms with Gasteiger partial charge in [-0.05, 0) is 30.3 Å². The maximum atomic E-state index is 13.0. The number of aryl methyl sites for hydroxylation is 1. The predicted octanol–water partition coefficient (Wildman–Crippen LogP) is 2.14. The van der Waals surface area contributed by atoms with Crippen LogP contribution in [-0.2, 0) is 28.4 Å². The Kier molecular flexibility index (Phi) is 7.45. The molecule has 2 aromatic rings. The summed E-state index contributed by atoms with van der Waals surface area (Å²) in [5, 5.41) is 4.52. The molecule has 0 bridgehead atoms. The fraction of sp³-hybridized carbons (Fsp3) is 0.550. The van der Waals surface area contributed by atoms with Gasteiger partial charge in [0, 0.05) is 45.3 Å². The van der Waals surface area contributed by atoms with Gasteiger partial charge < -0.3 is 9.47 Å². The summed E-state index contributed by atoms with van der Waals surface area (Å²) in [6.45, 7) is 5.84. The minimum Gasteiger partial charge on any atom is -0.493 e. The summed E-state index contributed by atoms with van der Waals surface area (Å²) in [5.41, 5.74) is 1.65. The van der Waals surface area contributed by atoms with Gasteiger partial charge in [0.05, 0.1) is 18.9 Å². The molecular weight excluding hydrogens is 411 g/mol. The third-order valence-corrected chi connectivity index (χ3v) is 7.31. The van der Waals surface area contributed by atoms with Gasteiger partial charge in [0.2, 0.25) is 0 Å². The van der Waals surface area contributed by atoms with Gasteiger partial charge in [-0.15, -0.1) is 0 Å². The fourth-order valence-electron chi connectivity index (χ4n) is 3.45. The smallest absolute Gasteiger partial charge is 0.282 e. The maximum absolute atomic E-state index is 13.0. The number of halogens is 1. The van der Waals surface area contributed by atoms with Crippen molar-refractivity contribution in [3.8, 4) is 5.75 Å². The largest absolute Gasteiger partial charge is 0.493 e. The summed E-state index contributed by atoms with van der Waals surface area (Å²) in [6, 6.07) is 7.81. The molecule has 30 heavy (non-hydrogen) atoms. The van der Waals surface area contributed by atoms with E-state index in [2.05, 4.69) is 5.10 Å². The van der Waals surface area contributed by atoms with Crippen LogP contribution < -0.4 is 4.74 Å². The fourth-order valence-corrected chi connectivity index (χ4v) is 5.06. The van der Waals surface area contributed by atoms with Crippen molar-refractivity contribution in [3.05, 3.63) is 47.5 Å². The van der Waals surface area contributed by atoms with Crippen LogP contribution in [0.3, 0.4) is 0 Å². The third kappa shape index (κ3) is 5.18. The summed E-state index contributed by atoms with van der Waals surface area (Å²) in [7, 11) is -1.67. The topological polar surface area (TPSA) is 76.9 Å². The van der Waals surface area contributed by atoms with Crippen molar-refractivity contribution in [2.75, 3.05) is 39.4 Å². The van der Waals surface area contributed by atoms with Crippen LogP contribution in [0.25, 0.3) is 0 Å². The minimum atomic E-state index is -3.51. The Morgan fingerprint density at radius 3 is 2.63 bits per heavy atom. The molecule has 1 saturated heterocycles. The summed E-state index contributed by atoms with van der Waals surface area (Å²) < 4.78 is 54.8. The number of morpholine rings is 1. The number of hydrogen-bond donors (Lipinski definition) is 0. The molecule has 0 radical (unpaired) electrons. The average molecular weight is 441 g/mol. The predicted molar refractivity (Wildman–Crippen MR) is 111 cm³/mol. The van der Waals surface area contributed by atoms with E-state index in [0.717, 1.165) is 5.69 Å². The second kappa shape index (κ2) is 9.86. The lowest BCUT2D eigenvalue weighted by molar-refractivity contribution is -0.00684. The van der Waals surface area contributed by atoms with Gasteiger partial charge >= 0.3 is 0 Å². The molecule has 2 heterocycles. The highest BCUT2D eigenvalue weighted by molar-refractivity contribution is 7.86. The maximum Gasteiger partial charge on any atom is 0.282 e. The highest BCUT2D eigenvalue weighted by Crippen LogP contribution is 2.25. The molecule has 1 atom stereocenters. The Morgan fingerprint density at radius 2 is 1.97 bits per heavy atom. The first-order valence-corrected chi connectivity index (χ1v) is 11.5. The van der Waals surface area contributed by atoms with Gasteiger partial charge in [-0.1, -0.05) is 13.8 Å². The lowest BCUT2D eigenvalue weighted by Crippen LogP contribution is -2.49. The summed E-state index contributed by atoms with van der Waals surface area (Å²) in [6.07, 6.45) is 0.191. The third-order valence-electron chi connectivity index (χ3n) is 5.15. The normalized spacial score (nSPS) is 18.1. The number of ether oxygens (including phenoxy) is 2. The minimum absolute atomic E-state index is 0.237. The van der Waals surface area contributed by atoms with Crippen LogP contribution >= 0.6 is 0 Å². The first kappa shape index (κ1) is 22.7. The second-order valence-electron chi connectivity index (χ2n) is 7.05. The van der Waals surface area contributed by atoms with E-state index in [4.69, 9.17) is 9.47 Å². The molecule has 1 aliphatic heterocycles. The Labute approximate surface area is 177 Å². The van der Waals surface area contributed by atoms with E-state index in [-0.39, 0.29) is 12.4 Å². The molecule has 1 aromatic carbocycles. The molecule has 0 unspecified atom stereocenters. The van der Waals surface area contributed by atoms with E-state index in [1.165, 1.54) is 20.7 Å². The lowest BCUT2D eigenvalue weighted by Gasteiger charge is -2.34. The quantitative estimate of drug-likeness (QED) is 0.597. The van der Waals surface area contributed by atoms with Crippen LogP contribution in [0.2, 0.25) is 0 Å². The van der Waals surface area contributed by atoms with Crippen LogP contribution in [0, 0.1) is 5.82 Å². The first-order chi connectivity index (χ1) is 14.3. The summed E-state index contributed by atoms with van der Waals surface area (Å²) in [5.74, 6) is 0.301. The molecule has 3 rings (SSSR count). The molecule has 0 aliphatic carbocycles. The van der Waals surface area contributed by atoms with Crippen molar-refractivity contribution >= 4 is 10.2 Å². The van der Waals surface area contributed by atoms with Gasteiger partial charge in [-0.25, -0.2) is 4.39 Å². The Balaban J connectivity index is 1.63. The van der Waals surface area contributed by atoms with E-state index in [1.807, 2.05) is 27.0 Å². The highest BCUT2D eigenvalue weighted by Gasteiger charge is 2.34. The molecule has 10 heteroatoms. The molecule has 0 N–H and O–H groups in total. The molecule has 1 aromatic heterocycles. The van der Waals surface area contributed by atoms with E-state index in [9.17, 15) is 12.8 Å². The van der Waals surface area contributed by atoms with Gasteiger partial charge in [0.1, 0.15) is 17.7 Å². The molecular formula is C20H29FN4O4S. The van der Waals surface area contributed by atoms with Crippen molar-refractivity contribution in [2.45, 2.75) is 26.4 Å². The van der Waals surface area contributed by atoms with E-state index < -0.39 is 16.3 Å². The Bertz CT molecular complexity index is 929. The molecule has 0 saturated carbocycles. The summed E-state index contributed by atoms with van der Waals surface area (Å²) >= 11 is 0. The van der Waals surface area contributed by atoms with Crippen LogP contribution in [0.5, 0.6) is 5.75 Å². The summed E-state index contributed by atoms with van der Waals surface area (Å²) in [4.78, 5) is 0. The van der Waals surface area contributed by atoms with Crippen molar-refractivity contribution < 1.29 is 22.3 Å². The van der Waals surface area contributed by atoms with Gasteiger partial charge in [0.15, 0.2) is 0 Å². The molecule has 0 spiro atoms. The number of nitrogens with zero attached hydrogens (tertiary/aromatic N) is 4. The molecule has 166 valence electrons. The van der Waals surface area contributed by atoms with Crippen molar-refractivity contribution in [1.29, 1.82) is 0 Å². The van der Waals surface area contributed by atoms with Crippen LogP contribution in [0.4, 0.5) is 4.39 Å². The number of aromatic nitrogens is 2. The van der Waals surface area contributed by atoms with Gasteiger partial charge in [0.25, 0.3) is 10.2 Å². The Hall–Kier alpha value is -2.01. The van der Waals surface area contributed by atoms with Crippen molar-refractivity contribution in [2.24, 2.45) is 7.05 Å². The van der Waals surface area contributed by atoms with Crippen molar-refractivity contribution in [1.82, 2.24) is 18.4 Å². The zero-order valence-corrected chi connectivity index (χ0v) is 18.4. The number of benzene rings is 1.